The van der Waals surface area contributed by atoms with Crippen LogP contribution >= 0.6 is 0 Å². The zero-order chi connectivity index (χ0) is 19.4. The highest BCUT2D eigenvalue weighted by Crippen LogP contribution is 2.15. The molecular weight excluding hydrogens is 348 g/mol. The van der Waals surface area contributed by atoms with Crippen molar-refractivity contribution in [3.05, 3.63) is 17.5 Å². The van der Waals surface area contributed by atoms with E-state index in [1.165, 1.54) is 0 Å². The summed E-state index contributed by atoms with van der Waals surface area (Å²) in [7, 11) is 3.52. The van der Waals surface area contributed by atoms with Crippen LogP contribution in [0.25, 0.3) is 0 Å². The second-order valence-corrected chi connectivity index (χ2v) is 7.24. The molecule has 0 spiro atoms. The topological polar surface area (TPSA) is 82.9 Å². The lowest BCUT2D eigenvalue weighted by molar-refractivity contribution is -0.128. The Labute approximate surface area is 160 Å². The number of carbonyl (C=O) groups is 2. The molecule has 0 aromatic carbocycles. The molecule has 0 radical (unpaired) electrons. The van der Waals surface area contributed by atoms with Gasteiger partial charge in [-0.15, -0.1) is 0 Å². The third-order valence-electron chi connectivity index (χ3n) is 5.12. The fraction of sp³-hybridized carbons (Fsp3) is 0.722. The number of nitrogens with one attached hydrogen (secondary N) is 1. The lowest BCUT2D eigenvalue weighted by Gasteiger charge is -2.32. The zero-order valence-electron chi connectivity index (χ0n) is 16.5. The van der Waals surface area contributed by atoms with E-state index in [-0.39, 0.29) is 18.0 Å². The highest BCUT2D eigenvalue weighted by atomic mass is 16.5. The predicted octanol–water partition coefficient (Wildman–Crippen LogP) is 0.107. The number of urea groups is 1. The smallest absolute Gasteiger partial charge is 0.319 e. The standard InChI is InChI=1S/C18H30N6O3/c1-4-16(22-7-9-27-10-8-22)17(25)19-12-14-11-15-13-23(18(26)21(2)3)5-6-24(15)20-14/h11,16H,4-10,12-13H2,1-3H3,(H,19,25). The molecule has 3 amide bonds. The number of rotatable bonds is 5. The minimum absolute atomic E-state index is 0.00796. The summed E-state index contributed by atoms with van der Waals surface area (Å²) in [5, 5.41) is 7.60. The average molecular weight is 378 g/mol. The van der Waals surface area contributed by atoms with Crippen LogP contribution in [0.5, 0.6) is 0 Å². The molecule has 9 nitrogen and oxygen atoms in total. The molecule has 2 aliphatic rings. The van der Waals surface area contributed by atoms with Crippen LogP contribution in [0, 0.1) is 0 Å². The van der Waals surface area contributed by atoms with Crippen molar-refractivity contribution < 1.29 is 14.3 Å². The number of amides is 3. The Kier molecular flexibility index (Phi) is 6.33. The van der Waals surface area contributed by atoms with Crippen LogP contribution in [0.4, 0.5) is 4.79 Å². The average Bonchev–Trinajstić information content (AvgIpc) is 3.09. The lowest BCUT2D eigenvalue weighted by atomic mass is 10.1. The first-order chi connectivity index (χ1) is 13.0. The van der Waals surface area contributed by atoms with E-state index in [9.17, 15) is 9.59 Å². The number of ether oxygens (including phenoxy) is 1. The Balaban J connectivity index is 1.56. The predicted molar refractivity (Wildman–Crippen MR) is 100 cm³/mol. The van der Waals surface area contributed by atoms with Crippen LogP contribution in [-0.2, 0) is 29.2 Å². The van der Waals surface area contributed by atoms with E-state index < -0.39 is 0 Å². The summed E-state index contributed by atoms with van der Waals surface area (Å²) in [6.45, 7) is 7.25. The van der Waals surface area contributed by atoms with E-state index in [2.05, 4.69) is 15.3 Å². The van der Waals surface area contributed by atoms with Crippen LogP contribution in [0.15, 0.2) is 6.07 Å². The normalized spacial score (nSPS) is 18.7. The summed E-state index contributed by atoms with van der Waals surface area (Å²) in [5.74, 6) is 0.0368. The first kappa shape index (κ1) is 19.6. The second-order valence-electron chi connectivity index (χ2n) is 7.24. The SMILES string of the molecule is CCC(C(=O)NCc1cc2n(n1)CCN(C(=O)N(C)C)C2)N1CCOCC1. The van der Waals surface area contributed by atoms with Gasteiger partial charge in [0.05, 0.1) is 50.3 Å². The first-order valence-corrected chi connectivity index (χ1v) is 9.61. The molecule has 0 aliphatic carbocycles. The molecule has 3 heterocycles. The third kappa shape index (κ3) is 4.59. The molecule has 27 heavy (non-hydrogen) atoms. The maximum absolute atomic E-state index is 12.6. The van der Waals surface area contributed by atoms with Gasteiger partial charge in [-0.1, -0.05) is 6.92 Å². The highest BCUT2D eigenvalue weighted by Gasteiger charge is 2.26. The Bertz CT molecular complexity index is 668. The van der Waals surface area contributed by atoms with Crippen LogP contribution < -0.4 is 5.32 Å². The van der Waals surface area contributed by atoms with Gasteiger partial charge in [0, 0.05) is 33.7 Å². The van der Waals surface area contributed by atoms with Gasteiger partial charge < -0.3 is 19.9 Å². The summed E-state index contributed by atoms with van der Waals surface area (Å²) < 4.78 is 7.30. The minimum Gasteiger partial charge on any atom is -0.379 e. The summed E-state index contributed by atoms with van der Waals surface area (Å²) >= 11 is 0. The van der Waals surface area contributed by atoms with E-state index in [0.717, 1.165) is 30.9 Å². The van der Waals surface area contributed by atoms with Crippen molar-refractivity contribution in [3.8, 4) is 0 Å². The van der Waals surface area contributed by atoms with Crippen molar-refractivity contribution in [3.63, 3.8) is 0 Å². The van der Waals surface area contributed by atoms with E-state index in [1.54, 1.807) is 19.0 Å². The highest BCUT2D eigenvalue weighted by molar-refractivity contribution is 5.81. The van der Waals surface area contributed by atoms with Crippen molar-refractivity contribution in [2.24, 2.45) is 0 Å². The van der Waals surface area contributed by atoms with E-state index in [0.29, 0.717) is 39.4 Å². The Morgan fingerprint density at radius 2 is 2.00 bits per heavy atom. The molecule has 3 rings (SSSR count). The van der Waals surface area contributed by atoms with Crippen molar-refractivity contribution in [1.82, 2.24) is 29.8 Å². The summed E-state index contributed by atoms with van der Waals surface area (Å²) in [6, 6.07) is 1.86. The number of hydrogen-bond acceptors (Lipinski definition) is 5. The van der Waals surface area contributed by atoms with Gasteiger partial charge in [-0.25, -0.2) is 4.79 Å². The van der Waals surface area contributed by atoms with Gasteiger partial charge in [-0.2, -0.15) is 5.10 Å². The zero-order valence-corrected chi connectivity index (χ0v) is 16.5. The van der Waals surface area contributed by atoms with Crippen LogP contribution in [-0.4, -0.2) is 89.4 Å². The number of aromatic nitrogens is 2. The van der Waals surface area contributed by atoms with E-state index in [1.807, 2.05) is 22.6 Å². The van der Waals surface area contributed by atoms with Crippen molar-refractivity contribution in [2.45, 2.75) is 39.0 Å². The van der Waals surface area contributed by atoms with Crippen molar-refractivity contribution >= 4 is 11.9 Å². The molecule has 1 unspecified atom stereocenters. The first-order valence-electron chi connectivity index (χ1n) is 9.61. The Hall–Kier alpha value is -2.13. The Morgan fingerprint density at radius 1 is 1.26 bits per heavy atom. The number of morpholine rings is 1. The largest absolute Gasteiger partial charge is 0.379 e. The molecule has 1 atom stereocenters. The fourth-order valence-corrected chi connectivity index (χ4v) is 3.65. The number of carbonyl (C=O) groups excluding carboxylic acids is 2. The number of hydrogen-bond donors (Lipinski definition) is 1. The third-order valence-corrected chi connectivity index (χ3v) is 5.12. The molecule has 150 valence electrons. The quantitative estimate of drug-likeness (QED) is 0.786. The molecule has 0 saturated carbocycles. The molecule has 1 aromatic heterocycles. The summed E-state index contributed by atoms with van der Waals surface area (Å²) in [5.41, 5.74) is 1.83. The number of nitrogens with zero attached hydrogens (tertiary/aromatic N) is 5. The van der Waals surface area contributed by atoms with Gasteiger partial charge in [0.2, 0.25) is 5.91 Å². The van der Waals surface area contributed by atoms with Crippen LogP contribution in [0.1, 0.15) is 24.7 Å². The molecule has 1 N–H and O–H groups in total. The monoisotopic (exact) mass is 378 g/mol. The molecule has 9 heteroatoms. The van der Waals surface area contributed by atoms with Crippen LogP contribution in [0.2, 0.25) is 0 Å². The van der Waals surface area contributed by atoms with Gasteiger partial charge in [0.15, 0.2) is 0 Å². The number of fused-ring (bicyclic) bond motifs is 1. The van der Waals surface area contributed by atoms with Gasteiger partial charge >= 0.3 is 6.03 Å². The second kappa shape index (κ2) is 8.71. The maximum atomic E-state index is 12.6. The van der Waals surface area contributed by atoms with Gasteiger partial charge in [0.25, 0.3) is 0 Å². The van der Waals surface area contributed by atoms with Gasteiger partial charge in [0.1, 0.15) is 0 Å². The molecule has 1 aromatic rings. The molecule has 0 bridgehead atoms. The molecule has 2 aliphatic heterocycles. The van der Waals surface area contributed by atoms with Crippen molar-refractivity contribution in [2.75, 3.05) is 46.9 Å². The molecular formula is C18H30N6O3. The summed E-state index contributed by atoms with van der Waals surface area (Å²) in [4.78, 5) is 30.3. The van der Waals surface area contributed by atoms with Crippen LogP contribution in [0.3, 0.4) is 0 Å². The van der Waals surface area contributed by atoms with E-state index in [4.69, 9.17) is 4.74 Å². The molecule has 1 saturated heterocycles. The van der Waals surface area contributed by atoms with Gasteiger partial charge in [-0.3, -0.25) is 14.4 Å². The van der Waals surface area contributed by atoms with Crippen molar-refractivity contribution in [1.29, 1.82) is 0 Å². The Morgan fingerprint density at radius 3 is 2.67 bits per heavy atom. The lowest BCUT2D eigenvalue weighted by Crippen LogP contribution is -2.50. The summed E-state index contributed by atoms with van der Waals surface area (Å²) in [6.07, 6.45) is 0.771. The molecule has 1 fully saturated rings. The van der Waals surface area contributed by atoms with E-state index >= 15 is 0 Å². The van der Waals surface area contributed by atoms with Gasteiger partial charge in [-0.05, 0) is 12.5 Å². The maximum Gasteiger partial charge on any atom is 0.319 e. The minimum atomic E-state index is -0.126. The fourth-order valence-electron chi connectivity index (χ4n) is 3.65.